The molecule has 0 aromatic heterocycles. The maximum absolute atomic E-state index is 13.7. The van der Waals surface area contributed by atoms with Gasteiger partial charge in [-0.15, -0.1) is 0 Å². The Morgan fingerprint density at radius 2 is 1.11 bits per heavy atom. The number of hydrogen-bond acceptors (Lipinski definition) is 4. The maximum atomic E-state index is 13.7. The molecule has 0 spiro atoms. The molecule has 20 heteroatoms. The fraction of sp³-hybridized carbons (Fsp3) is 0.944. The van der Waals surface area contributed by atoms with E-state index in [1.54, 1.807) is 0 Å². The largest absolute Gasteiger partial charge is 0.462 e. The third-order valence-electron chi connectivity index (χ3n) is 5.17. The second-order valence-corrected chi connectivity index (χ2v) is 8.50. The van der Waals surface area contributed by atoms with Gasteiger partial charge in [-0.05, 0) is 20.3 Å². The van der Waals surface area contributed by atoms with Crippen LogP contribution in [0.25, 0.3) is 0 Å². The average Bonchev–Trinajstić information content (AvgIpc) is 2.76. The molecule has 0 saturated heterocycles. The van der Waals surface area contributed by atoms with Crippen LogP contribution in [0.5, 0.6) is 0 Å². The highest BCUT2D eigenvalue weighted by molar-refractivity contribution is 5.75. The van der Waals surface area contributed by atoms with E-state index in [-0.39, 0.29) is 6.42 Å². The zero-order chi connectivity index (χ0) is 31.0. The molecule has 1 N–H and O–H groups in total. The zero-order valence-corrected chi connectivity index (χ0v) is 19.2. The Hall–Kier alpha value is -1.73. The lowest BCUT2D eigenvalue weighted by Crippen LogP contribution is -2.74. The highest BCUT2D eigenvalue weighted by Crippen LogP contribution is 2.62. The molecule has 228 valence electrons. The molecular weight excluding hydrogens is 584 g/mol. The van der Waals surface area contributed by atoms with Gasteiger partial charge in [0.25, 0.3) is 0 Å². The zero-order valence-electron chi connectivity index (χ0n) is 19.2. The van der Waals surface area contributed by atoms with Crippen LogP contribution in [0.15, 0.2) is 0 Å². The van der Waals surface area contributed by atoms with Gasteiger partial charge in [0.1, 0.15) is 19.3 Å². The van der Waals surface area contributed by atoms with Crippen LogP contribution >= 0.6 is 0 Å². The number of aliphatic hydroxyl groups excluding tert-OH is 1. The molecule has 0 aromatic carbocycles. The summed E-state index contributed by atoms with van der Waals surface area (Å²) in [4.78, 5) is 11.7. The average molecular weight is 604 g/mol. The summed E-state index contributed by atoms with van der Waals surface area (Å²) in [5, 5.41) is 9.42. The van der Waals surface area contributed by atoms with Crippen LogP contribution < -0.4 is 0 Å². The van der Waals surface area contributed by atoms with Gasteiger partial charge in [-0.1, -0.05) is 6.92 Å². The van der Waals surface area contributed by atoms with E-state index in [0.29, 0.717) is 0 Å². The van der Waals surface area contributed by atoms with Crippen LogP contribution in [-0.4, -0.2) is 84.9 Å². The molecule has 0 aliphatic rings. The highest BCUT2D eigenvalue weighted by Gasteiger charge is 2.93. The number of carbonyl (C=O) groups is 1. The van der Waals surface area contributed by atoms with Crippen LogP contribution in [0, 0.1) is 5.41 Å². The molecule has 0 bridgehead atoms. The molecule has 1 atom stereocenters. The molecule has 0 aliphatic carbocycles. The van der Waals surface area contributed by atoms with E-state index >= 15 is 0 Å². The fourth-order valence-electron chi connectivity index (χ4n) is 2.14. The first-order chi connectivity index (χ1) is 16.5. The molecule has 1 unspecified atom stereocenters. The molecule has 0 rings (SSSR count). The molecule has 0 radical (unpaired) electrons. The number of carbonyl (C=O) groups excluding carboxylic acids is 1. The van der Waals surface area contributed by atoms with Crippen LogP contribution in [0.4, 0.5) is 70.2 Å². The molecule has 0 saturated carbocycles. The topological polar surface area (TPSA) is 55.8 Å². The fourth-order valence-corrected chi connectivity index (χ4v) is 2.14. The summed E-state index contributed by atoms with van der Waals surface area (Å²) < 4.78 is 220. The number of halogens is 16. The van der Waals surface area contributed by atoms with Crippen molar-refractivity contribution in [2.75, 3.05) is 19.8 Å². The lowest BCUT2D eigenvalue weighted by atomic mass is 9.89. The maximum Gasteiger partial charge on any atom is 0.384 e. The molecular formula is C18H20F16O4. The minimum atomic E-state index is -8.49. The van der Waals surface area contributed by atoms with Gasteiger partial charge in [0.05, 0.1) is 12.0 Å². The van der Waals surface area contributed by atoms with Gasteiger partial charge < -0.3 is 14.6 Å². The van der Waals surface area contributed by atoms with Gasteiger partial charge in [0.15, 0.2) is 0 Å². The van der Waals surface area contributed by atoms with Crippen molar-refractivity contribution in [1.29, 1.82) is 0 Å². The Balaban J connectivity index is 5.79. The van der Waals surface area contributed by atoms with Crippen LogP contribution in [0.3, 0.4) is 0 Å². The van der Waals surface area contributed by atoms with E-state index in [1.807, 2.05) is 0 Å². The van der Waals surface area contributed by atoms with Gasteiger partial charge in [-0.3, -0.25) is 4.79 Å². The second-order valence-electron chi connectivity index (χ2n) is 8.50. The lowest BCUT2D eigenvalue weighted by Gasteiger charge is -2.42. The number of esters is 1. The second kappa shape index (κ2) is 11.0. The molecule has 4 nitrogen and oxygen atoms in total. The number of hydrogen-bond donors (Lipinski definition) is 1. The van der Waals surface area contributed by atoms with E-state index in [9.17, 15) is 80.1 Å². The molecule has 0 aliphatic heterocycles. The molecule has 38 heavy (non-hydrogen) atoms. The van der Waals surface area contributed by atoms with E-state index in [0.717, 1.165) is 0 Å². The molecule has 0 heterocycles. The summed E-state index contributed by atoms with van der Waals surface area (Å²) in [6, 6.07) is 0. The van der Waals surface area contributed by atoms with Crippen molar-refractivity contribution in [3.8, 4) is 0 Å². The van der Waals surface area contributed by atoms with Crippen molar-refractivity contribution in [3.05, 3.63) is 0 Å². The van der Waals surface area contributed by atoms with Gasteiger partial charge in [-0.25, -0.2) is 8.78 Å². The third-order valence-corrected chi connectivity index (χ3v) is 5.17. The number of ether oxygens (including phenoxy) is 2. The quantitative estimate of drug-likeness (QED) is 0.183. The van der Waals surface area contributed by atoms with Crippen molar-refractivity contribution in [2.45, 2.75) is 81.2 Å². The summed E-state index contributed by atoms with van der Waals surface area (Å²) in [5.41, 5.74) is -1.12. The van der Waals surface area contributed by atoms with Gasteiger partial charge >= 0.3 is 53.9 Å². The Kier molecular flexibility index (Phi) is 10.5. The van der Waals surface area contributed by atoms with Crippen molar-refractivity contribution >= 4 is 5.97 Å². The standard InChI is InChI=1S/C18H20F16O4/c1-4-11(2,3)10(36)38-6-8(35)5-37-7-12(21,22)14(25,26)16(29,30)18(33,34)17(31,32)15(27,28)13(23,24)9(19)20/h8-9,35H,4-7H2,1-3H3. The van der Waals surface area contributed by atoms with Crippen LogP contribution in [-0.2, 0) is 14.3 Å². The monoisotopic (exact) mass is 604 g/mol. The van der Waals surface area contributed by atoms with E-state index in [1.165, 1.54) is 20.8 Å². The first-order valence-electron chi connectivity index (χ1n) is 9.88. The van der Waals surface area contributed by atoms with Crippen LogP contribution in [0.2, 0.25) is 0 Å². The van der Waals surface area contributed by atoms with Gasteiger partial charge in [0.2, 0.25) is 0 Å². The van der Waals surface area contributed by atoms with E-state index < -0.39 is 85.2 Å². The third kappa shape index (κ3) is 6.04. The number of alkyl halides is 16. The highest BCUT2D eigenvalue weighted by atomic mass is 19.4. The summed E-state index contributed by atoms with van der Waals surface area (Å²) in [6.45, 7) is -1.44. The summed E-state index contributed by atoms with van der Waals surface area (Å²) in [7, 11) is 0. The molecule has 0 aromatic rings. The Morgan fingerprint density at radius 1 is 0.711 bits per heavy atom. The first-order valence-corrected chi connectivity index (χ1v) is 9.88. The SMILES string of the molecule is CCC(C)(C)C(=O)OCC(O)COCC(F)(F)C(F)(F)C(F)(F)C(F)(F)C(F)(F)C(F)(F)C(F)(F)C(F)F. The Morgan fingerprint density at radius 3 is 1.50 bits per heavy atom. The minimum absolute atomic E-state index is 0.198. The van der Waals surface area contributed by atoms with Crippen LogP contribution in [0.1, 0.15) is 27.2 Å². The Bertz CT molecular complexity index is 812. The van der Waals surface area contributed by atoms with Crippen molar-refractivity contribution < 1.29 is 89.6 Å². The first kappa shape index (κ1) is 36.3. The summed E-state index contributed by atoms with van der Waals surface area (Å²) >= 11 is 0. The van der Waals surface area contributed by atoms with Gasteiger partial charge in [0, 0.05) is 0 Å². The smallest absolute Gasteiger partial charge is 0.384 e. The number of rotatable bonds is 15. The minimum Gasteiger partial charge on any atom is -0.462 e. The lowest BCUT2D eigenvalue weighted by molar-refractivity contribution is -0.448. The van der Waals surface area contributed by atoms with E-state index in [2.05, 4.69) is 9.47 Å². The van der Waals surface area contributed by atoms with Crippen molar-refractivity contribution in [1.82, 2.24) is 0 Å². The molecule has 0 fully saturated rings. The predicted octanol–water partition coefficient (Wildman–Crippen LogP) is 6.06. The summed E-state index contributed by atoms with van der Waals surface area (Å²) in [6.07, 6.45) is -7.84. The molecule has 0 amide bonds. The van der Waals surface area contributed by atoms with Crippen molar-refractivity contribution in [2.24, 2.45) is 5.41 Å². The predicted molar refractivity (Wildman–Crippen MR) is 92.5 cm³/mol. The van der Waals surface area contributed by atoms with E-state index in [4.69, 9.17) is 0 Å². The van der Waals surface area contributed by atoms with Crippen molar-refractivity contribution in [3.63, 3.8) is 0 Å². The number of aliphatic hydroxyl groups is 1. The van der Waals surface area contributed by atoms with Gasteiger partial charge in [-0.2, -0.15) is 61.5 Å². The normalized spacial score (nSPS) is 16.1. The Labute approximate surface area is 203 Å². The summed E-state index contributed by atoms with van der Waals surface area (Å²) in [5.74, 6) is -56.3.